The molecule has 0 saturated carbocycles. The highest BCUT2D eigenvalue weighted by Crippen LogP contribution is 2.31. The number of nitrogens with zero attached hydrogens (tertiary/aromatic N) is 2. The monoisotopic (exact) mass is 422 g/mol. The van der Waals surface area contributed by atoms with Gasteiger partial charge in [0, 0.05) is 37.8 Å². The number of piperidine rings is 1. The molecule has 6 heteroatoms. The van der Waals surface area contributed by atoms with Crippen molar-refractivity contribution in [1.29, 1.82) is 0 Å². The highest BCUT2D eigenvalue weighted by Gasteiger charge is 2.28. The maximum absolute atomic E-state index is 13.3. The predicted octanol–water partition coefficient (Wildman–Crippen LogP) is 5.58. The van der Waals surface area contributed by atoms with E-state index in [0.717, 1.165) is 50.1 Å². The average molecular weight is 423 g/mol. The summed E-state index contributed by atoms with van der Waals surface area (Å²) >= 11 is 12.2. The molecule has 3 nitrogen and oxygen atoms in total. The van der Waals surface area contributed by atoms with Gasteiger partial charge in [-0.15, -0.1) is 0 Å². The lowest BCUT2D eigenvalue weighted by molar-refractivity contribution is -0.119. The molecule has 0 N–H and O–H groups in total. The highest BCUT2D eigenvalue weighted by molar-refractivity contribution is 6.42. The largest absolute Gasteiger partial charge is 0.309 e. The summed E-state index contributed by atoms with van der Waals surface area (Å²) in [6, 6.07) is 12.3. The Morgan fingerprint density at radius 3 is 2.54 bits per heavy atom. The van der Waals surface area contributed by atoms with Crippen LogP contribution in [0.3, 0.4) is 0 Å². The topological polar surface area (TPSA) is 23.6 Å². The van der Waals surface area contributed by atoms with Crippen molar-refractivity contribution in [2.75, 3.05) is 24.5 Å². The van der Waals surface area contributed by atoms with Gasteiger partial charge in [-0.3, -0.25) is 4.79 Å². The third kappa shape index (κ3) is 5.25. The van der Waals surface area contributed by atoms with E-state index in [0.29, 0.717) is 16.5 Å². The molecule has 0 bridgehead atoms. The molecule has 28 heavy (non-hydrogen) atoms. The van der Waals surface area contributed by atoms with Gasteiger partial charge in [-0.05, 0) is 55.2 Å². The highest BCUT2D eigenvalue weighted by atomic mass is 35.5. The van der Waals surface area contributed by atoms with Crippen LogP contribution in [0.5, 0.6) is 0 Å². The number of amides is 1. The quantitative estimate of drug-likeness (QED) is 0.606. The summed E-state index contributed by atoms with van der Waals surface area (Å²) in [4.78, 5) is 16.9. The van der Waals surface area contributed by atoms with Gasteiger partial charge in [0.15, 0.2) is 0 Å². The molecule has 0 unspecified atom stereocenters. The molecule has 3 rings (SSSR count). The van der Waals surface area contributed by atoms with Crippen LogP contribution in [0, 0.1) is 5.82 Å². The molecule has 0 aromatic heterocycles. The van der Waals surface area contributed by atoms with E-state index in [1.165, 1.54) is 6.07 Å². The number of likely N-dealkylation sites (tertiary alicyclic amines) is 1. The molecule has 1 aliphatic rings. The molecule has 150 valence electrons. The van der Waals surface area contributed by atoms with Crippen LogP contribution >= 0.6 is 23.2 Å². The molecule has 1 fully saturated rings. The lowest BCUT2D eigenvalue weighted by Crippen LogP contribution is -2.47. The van der Waals surface area contributed by atoms with E-state index in [-0.39, 0.29) is 17.8 Å². The Morgan fingerprint density at radius 2 is 1.89 bits per heavy atom. The normalized spacial score (nSPS) is 15.6. The fraction of sp³-hybridized carbons (Fsp3) is 0.409. The van der Waals surface area contributed by atoms with Gasteiger partial charge in [-0.1, -0.05) is 42.3 Å². The standard InChI is InChI=1S/C22H25Cl2FN2O/c1-2-22(28)27(19-6-7-20(23)21(24)15-19)18-9-12-26(13-10-18)11-8-16-4-3-5-17(25)14-16/h3-7,14-15,18H,2,8-13H2,1H3. The summed E-state index contributed by atoms with van der Waals surface area (Å²) in [5, 5.41) is 0.946. The Bertz CT molecular complexity index is 822. The van der Waals surface area contributed by atoms with E-state index in [4.69, 9.17) is 23.2 Å². The first kappa shape index (κ1) is 21.1. The molecule has 0 radical (unpaired) electrons. The van der Waals surface area contributed by atoms with Crippen molar-refractivity contribution in [3.63, 3.8) is 0 Å². The molecular weight excluding hydrogens is 398 g/mol. The maximum Gasteiger partial charge on any atom is 0.226 e. The van der Waals surface area contributed by atoms with Crippen LogP contribution in [-0.4, -0.2) is 36.5 Å². The van der Waals surface area contributed by atoms with E-state index in [2.05, 4.69) is 4.90 Å². The van der Waals surface area contributed by atoms with Gasteiger partial charge in [-0.2, -0.15) is 0 Å². The van der Waals surface area contributed by atoms with Crippen LogP contribution in [0.1, 0.15) is 31.7 Å². The van der Waals surface area contributed by atoms with E-state index in [9.17, 15) is 9.18 Å². The van der Waals surface area contributed by atoms with Gasteiger partial charge in [0.25, 0.3) is 0 Å². The lowest BCUT2D eigenvalue weighted by atomic mass is 10.0. The number of hydrogen-bond donors (Lipinski definition) is 0. The number of halogens is 3. The molecule has 0 aliphatic carbocycles. The van der Waals surface area contributed by atoms with Crippen molar-refractivity contribution < 1.29 is 9.18 Å². The number of benzene rings is 2. The van der Waals surface area contributed by atoms with Gasteiger partial charge < -0.3 is 9.80 Å². The Labute approximate surface area is 176 Å². The van der Waals surface area contributed by atoms with Crippen LogP contribution in [-0.2, 0) is 11.2 Å². The number of rotatable bonds is 6. The van der Waals surface area contributed by atoms with E-state index >= 15 is 0 Å². The fourth-order valence-electron chi connectivity index (χ4n) is 3.74. The second-order valence-corrected chi connectivity index (χ2v) is 7.98. The van der Waals surface area contributed by atoms with Crippen LogP contribution < -0.4 is 4.90 Å². The average Bonchev–Trinajstić information content (AvgIpc) is 2.70. The van der Waals surface area contributed by atoms with Crippen molar-refractivity contribution in [3.05, 3.63) is 63.9 Å². The molecule has 1 saturated heterocycles. The molecule has 2 aromatic rings. The van der Waals surface area contributed by atoms with E-state index in [1.807, 2.05) is 24.0 Å². The molecule has 2 aromatic carbocycles. The fourth-order valence-corrected chi connectivity index (χ4v) is 4.04. The van der Waals surface area contributed by atoms with Crippen LogP contribution in [0.15, 0.2) is 42.5 Å². The first-order chi connectivity index (χ1) is 13.5. The third-order valence-corrected chi connectivity index (χ3v) is 6.02. The van der Waals surface area contributed by atoms with Crippen LogP contribution in [0.25, 0.3) is 0 Å². The van der Waals surface area contributed by atoms with Gasteiger partial charge in [0.05, 0.1) is 10.0 Å². The Hall–Kier alpha value is -1.62. The number of carbonyl (C=O) groups is 1. The minimum absolute atomic E-state index is 0.0941. The summed E-state index contributed by atoms with van der Waals surface area (Å²) in [7, 11) is 0. The van der Waals surface area contributed by atoms with Crippen molar-refractivity contribution in [1.82, 2.24) is 4.90 Å². The first-order valence-corrected chi connectivity index (χ1v) is 10.5. The number of carbonyl (C=O) groups excluding carboxylic acids is 1. The molecular formula is C22H25Cl2FN2O. The summed E-state index contributed by atoms with van der Waals surface area (Å²) in [5.74, 6) is -0.0943. The smallest absolute Gasteiger partial charge is 0.226 e. The Kier molecular flexibility index (Phi) is 7.33. The van der Waals surface area contributed by atoms with Gasteiger partial charge in [-0.25, -0.2) is 4.39 Å². The summed E-state index contributed by atoms with van der Waals surface area (Å²) in [6.45, 7) is 4.59. The third-order valence-electron chi connectivity index (χ3n) is 5.28. The van der Waals surface area contributed by atoms with Crippen molar-refractivity contribution in [3.8, 4) is 0 Å². The van der Waals surface area contributed by atoms with Gasteiger partial charge in [0.1, 0.15) is 5.82 Å². The zero-order valence-corrected chi connectivity index (χ0v) is 17.5. The Morgan fingerprint density at radius 1 is 1.14 bits per heavy atom. The SMILES string of the molecule is CCC(=O)N(c1ccc(Cl)c(Cl)c1)C1CCN(CCc2cccc(F)c2)CC1. The molecule has 0 atom stereocenters. The van der Waals surface area contributed by atoms with Gasteiger partial charge in [0.2, 0.25) is 5.91 Å². The van der Waals surface area contributed by atoms with E-state index in [1.54, 1.807) is 24.3 Å². The zero-order valence-electron chi connectivity index (χ0n) is 16.0. The zero-order chi connectivity index (χ0) is 20.1. The van der Waals surface area contributed by atoms with Gasteiger partial charge >= 0.3 is 0 Å². The molecule has 1 aliphatic heterocycles. The summed E-state index contributed by atoms with van der Waals surface area (Å²) in [6.07, 6.45) is 3.07. The number of hydrogen-bond acceptors (Lipinski definition) is 2. The second-order valence-electron chi connectivity index (χ2n) is 7.17. The molecule has 0 spiro atoms. The van der Waals surface area contributed by atoms with Crippen LogP contribution in [0.2, 0.25) is 10.0 Å². The van der Waals surface area contributed by atoms with Crippen molar-refractivity contribution in [2.45, 2.75) is 38.6 Å². The Balaban J connectivity index is 1.62. The number of anilines is 1. The van der Waals surface area contributed by atoms with Crippen LogP contribution in [0.4, 0.5) is 10.1 Å². The van der Waals surface area contributed by atoms with Crippen molar-refractivity contribution in [2.24, 2.45) is 0 Å². The molecule has 1 heterocycles. The summed E-state index contributed by atoms with van der Waals surface area (Å²) < 4.78 is 13.3. The first-order valence-electron chi connectivity index (χ1n) is 9.72. The van der Waals surface area contributed by atoms with E-state index < -0.39 is 0 Å². The minimum Gasteiger partial charge on any atom is -0.309 e. The molecule has 1 amide bonds. The predicted molar refractivity (Wildman–Crippen MR) is 114 cm³/mol. The van der Waals surface area contributed by atoms with Crippen molar-refractivity contribution >= 4 is 34.8 Å². The minimum atomic E-state index is -0.188. The maximum atomic E-state index is 13.3. The summed E-state index contributed by atoms with van der Waals surface area (Å²) in [5.41, 5.74) is 1.82. The second kappa shape index (κ2) is 9.73. The lowest BCUT2D eigenvalue weighted by Gasteiger charge is -2.38.